The smallest absolute Gasteiger partial charge is 0.274 e. The van der Waals surface area contributed by atoms with Gasteiger partial charge in [-0.15, -0.1) is 0 Å². The summed E-state index contributed by atoms with van der Waals surface area (Å²) in [5, 5.41) is 0. The molecule has 0 atom stereocenters. The van der Waals surface area contributed by atoms with E-state index in [0.717, 1.165) is 17.3 Å². The van der Waals surface area contributed by atoms with E-state index in [1.54, 1.807) is 0 Å². The summed E-state index contributed by atoms with van der Waals surface area (Å²) in [4.78, 5) is 17.8. The molecule has 64 valence electrons. The molecule has 0 radical (unpaired) electrons. The Morgan fingerprint density at radius 1 is 1.67 bits per heavy atom. The van der Waals surface area contributed by atoms with Crippen molar-refractivity contribution in [1.29, 1.82) is 0 Å². The second-order valence-corrected chi connectivity index (χ2v) is 3.86. The van der Waals surface area contributed by atoms with Crippen molar-refractivity contribution in [3.8, 4) is 0 Å². The van der Waals surface area contributed by atoms with Gasteiger partial charge in [-0.2, -0.15) is 11.8 Å². The summed E-state index contributed by atoms with van der Waals surface area (Å²) in [5.74, 6) is 3.29. The molecule has 1 aliphatic heterocycles. The monoisotopic (exact) mass is 183 g/mol. The van der Waals surface area contributed by atoms with E-state index in [1.165, 1.54) is 6.20 Å². The predicted molar refractivity (Wildman–Crippen MR) is 49.3 cm³/mol. The Bertz CT molecular complexity index is 345. The van der Waals surface area contributed by atoms with Crippen molar-refractivity contribution in [2.75, 3.05) is 17.2 Å². The standard InChI is InChI=1S/C7H9N3OS/c8-5-1-9-6(10-7(5)11)4-2-12-3-4/h1,4H,2-3,8H2,(H,9,10,11). The first-order valence-corrected chi connectivity index (χ1v) is 4.85. The summed E-state index contributed by atoms with van der Waals surface area (Å²) in [7, 11) is 0. The van der Waals surface area contributed by atoms with Crippen LogP contribution in [-0.2, 0) is 0 Å². The third kappa shape index (κ3) is 1.20. The maximum Gasteiger partial charge on any atom is 0.274 e. The second kappa shape index (κ2) is 2.82. The molecule has 0 saturated carbocycles. The molecule has 1 saturated heterocycles. The number of hydrogen-bond acceptors (Lipinski definition) is 4. The van der Waals surface area contributed by atoms with Crippen LogP contribution in [0.3, 0.4) is 0 Å². The minimum atomic E-state index is -0.225. The molecule has 4 nitrogen and oxygen atoms in total. The van der Waals surface area contributed by atoms with Gasteiger partial charge in [0.15, 0.2) is 0 Å². The van der Waals surface area contributed by atoms with E-state index in [-0.39, 0.29) is 11.2 Å². The van der Waals surface area contributed by atoms with Gasteiger partial charge in [-0.05, 0) is 0 Å². The number of nitrogen functional groups attached to an aromatic ring is 1. The summed E-state index contributed by atoms with van der Waals surface area (Å²) in [6.07, 6.45) is 1.43. The number of aromatic amines is 1. The van der Waals surface area contributed by atoms with E-state index in [1.807, 2.05) is 11.8 Å². The Balaban J connectivity index is 2.33. The van der Waals surface area contributed by atoms with Crippen molar-refractivity contribution in [1.82, 2.24) is 9.97 Å². The Morgan fingerprint density at radius 2 is 2.42 bits per heavy atom. The van der Waals surface area contributed by atoms with Crippen LogP contribution < -0.4 is 11.3 Å². The minimum absolute atomic E-state index is 0.186. The van der Waals surface area contributed by atoms with Crippen LogP contribution in [0.2, 0.25) is 0 Å². The van der Waals surface area contributed by atoms with E-state index < -0.39 is 0 Å². The van der Waals surface area contributed by atoms with Gasteiger partial charge in [0.2, 0.25) is 0 Å². The van der Waals surface area contributed by atoms with E-state index in [4.69, 9.17) is 5.73 Å². The quantitative estimate of drug-likeness (QED) is 0.651. The van der Waals surface area contributed by atoms with Crippen LogP contribution in [0.15, 0.2) is 11.0 Å². The summed E-state index contributed by atoms with van der Waals surface area (Å²) < 4.78 is 0. The number of nitrogens with two attached hydrogens (primary N) is 1. The SMILES string of the molecule is Nc1cnc(C2CSC2)[nH]c1=O. The van der Waals surface area contributed by atoms with Gasteiger partial charge < -0.3 is 10.7 Å². The average Bonchev–Trinajstić information content (AvgIpc) is 1.93. The molecule has 1 aliphatic rings. The van der Waals surface area contributed by atoms with Crippen LogP contribution in [0.1, 0.15) is 11.7 Å². The van der Waals surface area contributed by atoms with Gasteiger partial charge in [0, 0.05) is 17.4 Å². The van der Waals surface area contributed by atoms with Crippen molar-refractivity contribution < 1.29 is 0 Å². The molecular weight excluding hydrogens is 174 g/mol. The maximum absolute atomic E-state index is 11.1. The maximum atomic E-state index is 11.1. The third-order valence-corrected chi connectivity index (χ3v) is 3.15. The lowest BCUT2D eigenvalue weighted by atomic mass is 10.2. The summed E-state index contributed by atoms with van der Waals surface area (Å²) in [6, 6.07) is 0. The molecule has 0 spiro atoms. The fraction of sp³-hybridized carbons (Fsp3) is 0.429. The highest BCUT2D eigenvalue weighted by Gasteiger charge is 2.22. The van der Waals surface area contributed by atoms with Gasteiger partial charge in [0.25, 0.3) is 5.56 Å². The van der Waals surface area contributed by atoms with E-state index in [9.17, 15) is 4.79 Å². The molecule has 0 aromatic carbocycles. The number of nitrogens with zero attached hydrogens (tertiary/aromatic N) is 1. The third-order valence-electron chi connectivity index (χ3n) is 1.87. The molecule has 3 N–H and O–H groups in total. The molecule has 1 aromatic heterocycles. The number of hydrogen-bond donors (Lipinski definition) is 2. The zero-order valence-electron chi connectivity index (χ0n) is 6.41. The largest absolute Gasteiger partial charge is 0.393 e. The number of rotatable bonds is 1. The summed E-state index contributed by atoms with van der Waals surface area (Å²) >= 11 is 1.86. The zero-order chi connectivity index (χ0) is 8.55. The molecule has 1 aromatic rings. The molecule has 0 amide bonds. The molecule has 2 rings (SSSR count). The Kier molecular flexibility index (Phi) is 1.80. The van der Waals surface area contributed by atoms with Gasteiger partial charge in [-0.1, -0.05) is 0 Å². The lowest BCUT2D eigenvalue weighted by Crippen LogP contribution is -2.23. The normalized spacial score (nSPS) is 17.3. The Labute approximate surface area is 73.6 Å². The highest BCUT2D eigenvalue weighted by Crippen LogP contribution is 2.31. The molecule has 5 heteroatoms. The van der Waals surface area contributed by atoms with E-state index in [0.29, 0.717) is 5.92 Å². The van der Waals surface area contributed by atoms with Crippen molar-refractivity contribution in [3.63, 3.8) is 0 Å². The predicted octanol–water partition coefficient (Wildman–Crippen LogP) is 0.183. The first kappa shape index (κ1) is 7.67. The topological polar surface area (TPSA) is 71.8 Å². The first-order valence-electron chi connectivity index (χ1n) is 3.70. The average molecular weight is 183 g/mol. The van der Waals surface area contributed by atoms with Crippen molar-refractivity contribution >= 4 is 17.4 Å². The Hall–Kier alpha value is -0.970. The summed E-state index contributed by atoms with van der Waals surface area (Å²) in [6.45, 7) is 0. The lowest BCUT2D eigenvalue weighted by molar-refractivity contribution is 0.757. The number of H-pyrrole nitrogens is 1. The van der Waals surface area contributed by atoms with E-state index in [2.05, 4.69) is 9.97 Å². The van der Waals surface area contributed by atoms with E-state index >= 15 is 0 Å². The molecule has 0 bridgehead atoms. The van der Waals surface area contributed by atoms with Crippen molar-refractivity contribution in [2.45, 2.75) is 5.92 Å². The number of aromatic nitrogens is 2. The molecule has 1 fully saturated rings. The van der Waals surface area contributed by atoms with Gasteiger partial charge in [-0.25, -0.2) is 4.98 Å². The molecule has 2 heterocycles. The summed E-state index contributed by atoms with van der Waals surface area (Å²) in [5.41, 5.74) is 5.30. The minimum Gasteiger partial charge on any atom is -0.393 e. The van der Waals surface area contributed by atoms with Gasteiger partial charge in [0.1, 0.15) is 11.5 Å². The first-order chi connectivity index (χ1) is 5.77. The number of nitrogens with one attached hydrogen (secondary N) is 1. The molecule has 12 heavy (non-hydrogen) atoms. The highest BCUT2D eigenvalue weighted by molar-refractivity contribution is 8.00. The highest BCUT2D eigenvalue weighted by atomic mass is 32.2. The van der Waals surface area contributed by atoms with Crippen LogP contribution in [0.5, 0.6) is 0 Å². The van der Waals surface area contributed by atoms with Crippen LogP contribution in [0, 0.1) is 0 Å². The van der Waals surface area contributed by atoms with Crippen LogP contribution in [0.4, 0.5) is 5.69 Å². The second-order valence-electron chi connectivity index (χ2n) is 2.79. The molecular formula is C7H9N3OS. The van der Waals surface area contributed by atoms with Crippen LogP contribution in [-0.4, -0.2) is 21.5 Å². The van der Waals surface area contributed by atoms with Crippen LogP contribution >= 0.6 is 11.8 Å². The molecule has 0 aliphatic carbocycles. The number of anilines is 1. The number of thioether (sulfide) groups is 1. The van der Waals surface area contributed by atoms with Gasteiger partial charge in [-0.3, -0.25) is 4.79 Å². The van der Waals surface area contributed by atoms with Gasteiger partial charge >= 0.3 is 0 Å². The fourth-order valence-corrected chi connectivity index (χ4v) is 1.81. The lowest BCUT2D eigenvalue weighted by Gasteiger charge is -2.23. The van der Waals surface area contributed by atoms with Crippen molar-refractivity contribution in [3.05, 3.63) is 22.4 Å². The molecule has 0 unspecified atom stereocenters. The zero-order valence-corrected chi connectivity index (χ0v) is 7.23. The van der Waals surface area contributed by atoms with Gasteiger partial charge in [0.05, 0.1) is 6.20 Å². The Morgan fingerprint density at radius 3 is 2.92 bits per heavy atom. The van der Waals surface area contributed by atoms with Crippen molar-refractivity contribution in [2.24, 2.45) is 0 Å². The van der Waals surface area contributed by atoms with Crippen LogP contribution in [0.25, 0.3) is 0 Å². The fourth-order valence-electron chi connectivity index (χ4n) is 1.02.